The van der Waals surface area contributed by atoms with Crippen molar-refractivity contribution in [3.63, 3.8) is 0 Å². The van der Waals surface area contributed by atoms with E-state index in [1.54, 1.807) is 11.1 Å². The molecular weight excluding hydrogens is 298 g/mol. The highest BCUT2D eigenvalue weighted by Crippen LogP contribution is 2.18. The predicted molar refractivity (Wildman–Crippen MR) is 85.2 cm³/mol. The van der Waals surface area contributed by atoms with E-state index < -0.39 is 23.8 Å². The van der Waals surface area contributed by atoms with E-state index in [1.165, 1.54) is 0 Å². The van der Waals surface area contributed by atoms with Crippen LogP contribution >= 0.6 is 0 Å². The second-order valence-corrected chi connectivity index (χ2v) is 6.79. The first kappa shape index (κ1) is 17.7. The third kappa shape index (κ3) is 4.94. The Hall–Kier alpha value is -1.60. The lowest BCUT2D eigenvalue weighted by atomic mass is 10.0. The average molecular weight is 325 g/mol. The zero-order valence-electron chi connectivity index (χ0n) is 14.4. The summed E-state index contributed by atoms with van der Waals surface area (Å²) < 4.78 is 12.7. The number of rotatable bonds is 4. The molecule has 130 valence electrons. The largest absolute Gasteiger partial charge is 0.444 e. The van der Waals surface area contributed by atoms with Crippen molar-refractivity contribution in [2.45, 2.75) is 58.4 Å². The zero-order chi connectivity index (χ0) is 17.0. The van der Waals surface area contributed by atoms with Crippen molar-refractivity contribution >= 4 is 6.09 Å². The summed E-state index contributed by atoms with van der Waals surface area (Å²) in [6.07, 6.45) is 2.94. The van der Waals surface area contributed by atoms with Gasteiger partial charge in [-0.15, -0.1) is 0 Å². The van der Waals surface area contributed by atoms with Gasteiger partial charge in [0.15, 0.2) is 0 Å². The Kier molecular flexibility index (Phi) is 5.64. The number of ether oxygens (including phenoxy) is 2. The lowest BCUT2D eigenvalue weighted by Crippen LogP contribution is -2.55. The van der Waals surface area contributed by atoms with Crippen LogP contribution in [0.15, 0.2) is 12.4 Å². The highest BCUT2D eigenvalue weighted by atomic mass is 16.6. The van der Waals surface area contributed by atoms with Gasteiger partial charge in [-0.3, -0.25) is 9.58 Å². The molecule has 2 rings (SSSR count). The number of aromatic nitrogens is 2. The van der Waals surface area contributed by atoms with Gasteiger partial charge in [0.05, 0.1) is 31.6 Å². The van der Waals surface area contributed by atoms with Crippen molar-refractivity contribution in [2.75, 3.05) is 19.8 Å². The van der Waals surface area contributed by atoms with Gasteiger partial charge in [-0.05, 0) is 33.3 Å². The summed E-state index contributed by atoms with van der Waals surface area (Å²) in [5.74, 6) is 0. The maximum Gasteiger partial charge on any atom is 0.410 e. The minimum Gasteiger partial charge on any atom is -0.444 e. The number of hydrogen-bond donors (Lipinski definition) is 1. The SMILES string of the molecule is CCn1cc(CC(O)C2COCCN2C(=O)OC(C)(C)C)cn1. The van der Waals surface area contributed by atoms with Crippen LogP contribution in [0.5, 0.6) is 0 Å². The van der Waals surface area contributed by atoms with Crippen LogP contribution < -0.4 is 0 Å². The highest BCUT2D eigenvalue weighted by molar-refractivity contribution is 5.68. The third-order valence-electron chi connectivity index (χ3n) is 3.69. The molecule has 0 spiro atoms. The molecule has 2 atom stereocenters. The molecule has 7 heteroatoms. The molecule has 0 saturated carbocycles. The van der Waals surface area contributed by atoms with Crippen molar-refractivity contribution in [3.05, 3.63) is 18.0 Å². The number of carbonyl (C=O) groups is 1. The predicted octanol–water partition coefficient (Wildman–Crippen LogP) is 1.44. The van der Waals surface area contributed by atoms with Crippen LogP contribution in [-0.4, -0.2) is 63.4 Å². The van der Waals surface area contributed by atoms with Gasteiger partial charge in [-0.2, -0.15) is 5.10 Å². The normalized spacial score (nSPS) is 20.4. The fraction of sp³-hybridized carbons (Fsp3) is 0.750. The Morgan fingerprint density at radius 1 is 1.57 bits per heavy atom. The van der Waals surface area contributed by atoms with Crippen LogP contribution in [0.25, 0.3) is 0 Å². The van der Waals surface area contributed by atoms with Gasteiger partial charge in [0.25, 0.3) is 0 Å². The van der Waals surface area contributed by atoms with Gasteiger partial charge in [0.2, 0.25) is 0 Å². The Labute approximate surface area is 137 Å². The number of carbonyl (C=O) groups excluding carboxylic acids is 1. The van der Waals surface area contributed by atoms with Crippen LogP contribution in [-0.2, 0) is 22.4 Å². The molecule has 2 heterocycles. The van der Waals surface area contributed by atoms with Crippen LogP contribution in [0.4, 0.5) is 4.79 Å². The molecule has 0 aromatic carbocycles. The van der Waals surface area contributed by atoms with Crippen molar-refractivity contribution in [1.82, 2.24) is 14.7 Å². The fourth-order valence-electron chi connectivity index (χ4n) is 2.55. The maximum absolute atomic E-state index is 12.4. The van der Waals surface area contributed by atoms with Crippen LogP contribution in [0.1, 0.15) is 33.3 Å². The quantitative estimate of drug-likeness (QED) is 0.906. The van der Waals surface area contributed by atoms with Gasteiger partial charge in [0.1, 0.15) is 5.60 Å². The van der Waals surface area contributed by atoms with Crippen molar-refractivity contribution in [3.8, 4) is 0 Å². The average Bonchev–Trinajstić information content (AvgIpc) is 2.93. The number of morpholine rings is 1. The van der Waals surface area contributed by atoms with E-state index in [0.29, 0.717) is 26.2 Å². The molecule has 0 bridgehead atoms. The minimum absolute atomic E-state index is 0.308. The standard InChI is InChI=1S/C16H27N3O4/c1-5-18-10-12(9-17-18)8-14(20)13-11-22-7-6-19(13)15(21)23-16(2,3)4/h9-10,13-14,20H,5-8,11H2,1-4H3. The molecule has 1 aromatic heterocycles. The number of hydrogen-bond acceptors (Lipinski definition) is 5. The summed E-state index contributed by atoms with van der Waals surface area (Å²) in [7, 11) is 0. The molecule has 1 amide bonds. The highest BCUT2D eigenvalue weighted by Gasteiger charge is 2.35. The molecule has 1 N–H and O–H groups in total. The molecule has 23 heavy (non-hydrogen) atoms. The van der Waals surface area contributed by atoms with E-state index >= 15 is 0 Å². The van der Waals surface area contributed by atoms with Crippen molar-refractivity contribution < 1.29 is 19.4 Å². The van der Waals surface area contributed by atoms with E-state index in [1.807, 2.05) is 38.6 Å². The Morgan fingerprint density at radius 3 is 2.91 bits per heavy atom. The monoisotopic (exact) mass is 325 g/mol. The van der Waals surface area contributed by atoms with Crippen LogP contribution in [0.2, 0.25) is 0 Å². The van der Waals surface area contributed by atoms with Gasteiger partial charge in [-0.1, -0.05) is 0 Å². The number of aryl methyl sites for hydroxylation is 1. The summed E-state index contributed by atoms with van der Waals surface area (Å²) in [6.45, 7) is 9.46. The number of amides is 1. The van der Waals surface area contributed by atoms with E-state index in [-0.39, 0.29) is 0 Å². The second-order valence-electron chi connectivity index (χ2n) is 6.79. The van der Waals surface area contributed by atoms with E-state index in [0.717, 1.165) is 12.1 Å². The number of aliphatic hydroxyl groups excluding tert-OH is 1. The molecule has 1 aliphatic heterocycles. The summed E-state index contributed by atoms with van der Waals surface area (Å²) in [5, 5.41) is 14.8. The fourth-order valence-corrected chi connectivity index (χ4v) is 2.55. The Morgan fingerprint density at radius 2 is 2.30 bits per heavy atom. The van der Waals surface area contributed by atoms with Crippen LogP contribution in [0.3, 0.4) is 0 Å². The lowest BCUT2D eigenvalue weighted by molar-refractivity contribution is -0.0660. The first-order chi connectivity index (χ1) is 10.8. The zero-order valence-corrected chi connectivity index (χ0v) is 14.4. The Balaban J connectivity index is 2.03. The van der Waals surface area contributed by atoms with Gasteiger partial charge in [0, 0.05) is 25.7 Å². The molecule has 1 aromatic rings. The molecule has 1 saturated heterocycles. The first-order valence-electron chi connectivity index (χ1n) is 8.07. The van der Waals surface area contributed by atoms with Gasteiger partial charge in [-0.25, -0.2) is 4.79 Å². The molecule has 7 nitrogen and oxygen atoms in total. The lowest BCUT2D eigenvalue weighted by Gasteiger charge is -2.38. The molecule has 2 unspecified atom stereocenters. The van der Waals surface area contributed by atoms with Crippen LogP contribution in [0, 0.1) is 0 Å². The summed E-state index contributed by atoms with van der Waals surface area (Å²) in [6, 6.07) is -0.413. The number of nitrogens with zero attached hydrogens (tertiary/aromatic N) is 3. The maximum atomic E-state index is 12.4. The molecule has 1 aliphatic rings. The third-order valence-corrected chi connectivity index (χ3v) is 3.69. The topological polar surface area (TPSA) is 76.8 Å². The second kappa shape index (κ2) is 7.31. The van der Waals surface area contributed by atoms with Crippen molar-refractivity contribution in [1.29, 1.82) is 0 Å². The smallest absolute Gasteiger partial charge is 0.410 e. The molecular formula is C16H27N3O4. The molecule has 0 aliphatic carbocycles. The molecule has 0 radical (unpaired) electrons. The number of aliphatic hydroxyl groups is 1. The van der Waals surface area contributed by atoms with Gasteiger partial charge < -0.3 is 14.6 Å². The van der Waals surface area contributed by atoms with E-state index in [2.05, 4.69) is 5.10 Å². The summed E-state index contributed by atoms with van der Waals surface area (Å²) >= 11 is 0. The van der Waals surface area contributed by atoms with E-state index in [4.69, 9.17) is 9.47 Å². The minimum atomic E-state index is -0.725. The van der Waals surface area contributed by atoms with Crippen molar-refractivity contribution in [2.24, 2.45) is 0 Å². The Bertz CT molecular complexity index is 524. The summed E-state index contributed by atoms with van der Waals surface area (Å²) in [5.41, 5.74) is 0.377. The first-order valence-corrected chi connectivity index (χ1v) is 8.07. The van der Waals surface area contributed by atoms with E-state index in [9.17, 15) is 9.90 Å². The molecule has 1 fully saturated rings. The van der Waals surface area contributed by atoms with Gasteiger partial charge >= 0.3 is 6.09 Å². The summed E-state index contributed by atoms with van der Waals surface area (Å²) in [4.78, 5) is 13.9.